The highest BCUT2D eigenvalue weighted by Gasteiger charge is 2.30. The lowest BCUT2D eigenvalue weighted by atomic mass is 10.2. The second-order valence-corrected chi connectivity index (χ2v) is 3.96. The van der Waals surface area contributed by atoms with Crippen LogP contribution in [0.4, 0.5) is 36.2 Å². The first-order valence-corrected chi connectivity index (χ1v) is 5.76. The summed E-state index contributed by atoms with van der Waals surface area (Å²) in [5, 5.41) is 8.06. The van der Waals surface area contributed by atoms with Gasteiger partial charge in [0.2, 0.25) is 0 Å². The van der Waals surface area contributed by atoms with Crippen molar-refractivity contribution in [2.45, 2.75) is 6.18 Å². The highest BCUT2D eigenvalue weighted by Crippen LogP contribution is 2.34. The Hall–Kier alpha value is -2.71. The van der Waals surface area contributed by atoms with Crippen LogP contribution in [0.5, 0.6) is 0 Å². The van der Waals surface area contributed by atoms with Gasteiger partial charge in [0.1, 0.15) is 6.33 Å². The number of hydrogen-bond donors (Lipinski definition) is 2. The molecule has 0 spiro atoms. The highest BCUT2D eigenvalue weighted by molar-refractivity contribution is 5.76. The Morgan fingerprint density at radius 1 is 1.19 bits per heavy atom. The Labute approximate surface area is 117 Å². The SMILES string of the molecule is CNc1ncnc(Nc2cccc(C(F)(F)F)c2)c1N=O. The first kappa shape index (κ1) is 14.7. The van der Waals surface area contributed by atoms with Crippen LogP contribution in [0, 0.1) is 4.91 Å². The summed E-state index contributed by atoms with van der Waals surface area (Å²) < 4.78 is 37.9. The van der Waals surface area contributed by atoms with Crippen LogP contribution in [-0.4, -0.2) is 17.0 Å². The van der Waals surface area contributed by atoms with E-state index in [1.165, 1.54) is 19.2 Å². The molecular formula is C12H10F3N5O. The Morgan fingerprint density at radius 3 is 2.52 bits per heavy atom. The Bertz CT molecular complexity index is 660. The van der Waals surface area contributed by atoms with E-state index in [0.29, 0.717) is 0 Å². The topological polar surface area (TPSA) is 79.3 Å². The van der Waals surface area contributed by atoms with Crippen LogP contribution in [0.15, 0.2) is 35.8 Å². The minimum Gasteiger partial charge on any atom is -0.371 e. The third-order valence-corrected chi connectivity index (χ3v) is 2.60. The summed E-state index contributed by atoms with van der Waals surface area (Å²) in [5.41, 5.74) is -0.788. The van der Waals surface area contributed by atoms with Crippen molar-refractivity contribution in [1.82, 2.24) is 9.97 Å². The maximum atomic E-state index is 12.6. The van der Waals surface area contributed by atoms with Gasteiger partial charge in [0, 0.05) is 12.7 Å². The van der Waals surface area contributed by atoms with Crippen molar-refractivity contribution >= 4 is 23.0 Å². The molecule has 0 aliphatic rings. The maximum absolute atomic E-state index is 12.6. The fourth-order valence-electron chi connectivity index (χ4n) is 1.65. The van der Waals surface area contributed by atoms with Crippen LogP contribution in [0.25, 0.3) is 0 Å². The third kappa shape index (κ3) is 3.25. The summed E-state index contributed by atoms with van der Waals surface area (Å²) in [6, 6.07) is 4.53. The Morgan fingerprint density at radius 2 is 1.90 bits per heavy atom. The molecule has 0 fully saturated rings. The van der Waals surface area contributed by atoms with Crippen molar-refractivity contribution in [2.24, 2.45) is 5.18 Å². The number of nitrogens with one attached hydrogen (secondary N) is 2. The molecule has 21 heavy (non-hydrogen) atoms. The second-order valence-electron chi connectivity index (χ2n) is 3.96. The summed E-state index contributed by atoms with van der Waals surface area (Å²) in [4.78, 5) is 18.4. The number of nitroso groups, excluding NO2 is 1. The van der Waals surface area contributed by atoms with Gasteiger partial charge in [-0.1, -0.05) is 6.07 Å². The van der Waals surface area contributed by atoms with Crippen LogP contribution in [0.2, 0.25) is 0 Å². The van der Waals surface area contributed by atoms with E-state index in [2.05, 4.69) is 25.8 Å². The zero-order valence-electron chi connectivity index (χ0n) is 10.8. The third-order valence-electron chi connectivity index (χ3n) is 2.60. The van der Waals surface area contributed by atoms with Gasteiger partial charge in [-0.25, -0.2) is 9.97 Å². The monoisotopic (exact) mass is 297 g/mol. The molecule has 0 aliphatic carbocycles. The summed E-state index contributed by atoms with van der Waals surface area (Å²) in [6.07, 6.45) is -3.29. The van der Waals surface area contributed by atoms with Crippen molar-refractivity contribution in [3.8, 4) is 0 Å². The van der Waals surface area contributed by atoms with E-state index in [0.717, 1.165) is 18.5 Å². The zero-order chi connectivity index (χ0) is 15.5. The molecule has 2 N–H and O–H groups in total. The van der Waals surface area contributed by atoms with E-state index >= 15 is 0 Å². The predicted octanol–water partition coefficient (Wildman–Crippen LogP) is 3.68. The van der Waals surface area contributed by atoms with Gasteiger partial charge in [-0.15, -0.1) is 4.91 Å². The van der Waals surface area contributed by atoms with Crippen LogP contribution >= 0.6 is 0 Å². The zero-order valence-corrected chi connectivity index (χ0v) is 10.8. The molecule has 1 heterocycles. The molecule has 0 aliphatic heterocycles. The van der Waals surface area contributed by atoms with Crippen molar-refractivity contribution in [1.29, 1.82) is 0 Å². The van der Waals surface area contributed by atoms with E-state index in [1.54, 1.807) is 0 Å². The molecule has 0 atom stereocenters. The van der Waals surface area contributed by atoms with Gasteiger partial charge in [0.05, 0.1) is 5.56 Å². The van der Waals surface area contributed by atoms with Gasteiger partial charge in [-0.2, -0.15) is 13.2 Å². The number of halogens is 3. The molecule has 0 amide bonds. The molecule has 0 bridgehead atoms. The molecule has 0 saturated carbocycles. The molecule has 2 rings (SSSR count). The van der Waals surface area contributed by atoms with Gasteiger partial charge in [-0.05, 0) is 23.4 Å². The average Bonchev–Trinajstić information content (AvgIpc) is 2.46. The maximum Gasteiger partial charge on any atom is 0.416 e. The average molecular weight is 297 g/mol. The minimum absolute atomic E-state index is 0.0173. The first-order valence-electron chi connectivity index (χ1n) is 5.76. The number of anilines is 3. The molecule has 1 aromatic heterocycles. The Balaban J connectivity index is 2.37. The number of nitrogens with zero attached hydrogens (tertiary/aromatic N) is 3. The van der Waals surface area contributed by atoms with Crippen molar-refractivity contribution in [3.05, 3.63) is 41.1 Å². The van der Waals surface area contributed by atoms with Crippen LogP contribution in [-0.2, 0) is 6.18 Å². The van der Waals surface area contributed by atoms with E-state index in [9.17, 15) is 18.1 Å². The van der Waals surface area contributed by atoms with E-state index in [4.69, 9.17) is 0 Å². The lowest BCUT2D eigenvalue weighted by Gasteiger charge is -2.11. The predicted molar refractivity (Wildman–Crippen MR) is 71.8 cm³/mol. The first-order chi connectivity index (χ1) is 9.95. The lowest BCUT2D eigenvalue weighted by Crippen LogP contribution is -2.05. The number of rotatable bonds is 4. The van der Waals surface area contributed by atoms with Crippen LogP contribution in [0.1, 0.15) is 5.56 Å². The van der Waals surface area contributed by atoms with Gasteiger partial charge >= 0.3 is 6.18 Å². The second kappa shape index (κ2) is 5.73. The Kier molecular flexibility index (Phi) is 4.01. The van der Waals surface area contributed by atoms with Crippen molar-refractivity contribution in [3.63, 3.8) is 0 Å². The lowest BCUT2D eigenvalue weighted by molar-refractivity contribution is -0.137. The van der Waals surface area contributed by atoms with Gasteiger partial charge in [0.25, 0.3) is 0 Å². The van der Waals surface area contributed by atoms with E-state index in [1.807, 2.05) is 0 Å². The van der Waals surface area contributed by atoms with E-state index < -0.39 is 11.7 Å². The summed E-state index contributed by atoms with van der Waals surface area (Å²) in [7, 11) is 1.53. The quantitative estimate of drug-likeness (QED) is 0.841. The number of hydrogen-bond acceptors (Lipinski definition) is 6. The molecule has 1 aromatic carbocycles. The fraction of sp³-hybridized carbons (Fsp3) is 0.167. The molecule has 0 unspecified atom stereocenters. The molecule has 0 saturated heterocycles. The molecule has 6 nitrogen and oxygen atoms in total. The van der Waals surface area contributed by atoms with Crippen molar-refractivity contribution < 1.29 is 13.2 Å². The minimum atomic E-state index is -4.45. The summed E-state index contributed by atoms with van der Waals surface area (Å²) in [5.74, 6) is 0.193. The molecule has 110 valence electrons. The molecule has 9 heteroatoms. The number of aromatic nitrogens is 2. The normalized spacial score (nSPS) is 11.0. The van der Waals surface area contributed by atoms with Gasteiger partial charge in [-0.3, -0.25) is 0 Å². The summed E-state index contributed by atoms with van der Waals surface area (Å²) >= 11 is 0. The van der Waals surface area contributed by atoms with Gasteiger partial charge in [0.15, 0.2) is 17.3 Å². The highest BCUT2D eigenvalue weighted by atomic mass is 19.4. The standard InChI is InChI=1S/C12H10F3N5O/c1-16-10-9(20-21)11(18-6-17-10)19-8-4-2-3-7(5-8)12(13,14)15/h2-6H,1H3,(H2,16,17,18,19). The van der Waals surface area contributed by atoms with Crippen LogP contribution in [0.3, 0.4) is 0 Å². The largest absolute Gasteiger partial charge is 0.416 e. The molecular weight excluding hydrogens is 287 g/mol. The van der Waals surface area contributed by atoms with Gasteiger partial charge < -0.3 is 10.6 Å². The number of alkyl halides is 3. The number of benzene rings is 1. The summed E-state index contributed by atoms with van der Waals surface area (Å²) in [6.45, 7) is 0. The smallest absolute Gasteiger partial charge is 0.371 e. The molecule has 2 aromatic rings. The fourth-order valence-corrected chi connectivity index (χ4v) is 1.65. The molecule has 0 radical (unpaired) electrons. The van der Waals surface area contributed by atoms with E-state index in [-0.39, 0.29) is 23.0 Å². The van der Waals surface area contributed by atoms with Crippen molar-refractivity contribution in [2.75, 3.05) is 17.7 Å². The van der Waals surface area contributed by atoms with Crippen LogP contribution < -0.4 is 10.6 Å².